The molecular weight excluding hydrogens is 604 g/mol. The number of aromatic nitrogens is 4. The van der Waals surface area contributed by atoms with Crippen molar-refractivity contribution in [2.24, 2.45) is 0 Å². The molecule has 6 heteroatoms. The zero-order chi connectivity index (χ0) is 32.3. The van der Waals surface area contributed by atoms with Crippen LogP contribution in [0.1, 0.15) is 18.2 Å². The number of para-hydroxylation sites is 1. The first-order chi connectivity index (χ1) is 24.3. The molecule has 6 nitrogen and oxygen atoms in total. The highest BCUT2D eigenvalue weighted by atomic mass is 16.6. The lowest BCUT2D eigenvalue weighted by atomic mass is 10.00. The third-order valence-corrected chi connectivity index (χ3v) is 9.38. The maximum atomic E-state index is 6.73. The van der Waals surface area contributed by atoms with Gasteiger partial charge in [0.1, 0.15) is 11.3 Å². The normalized spacial score (nSPS) is 14.8. The van der Waals surface area contributed by atoms with Crippen molar-refractivity contribution in [3.05, 3.63) is 158 Å². The number of hydrogen-bond donors (Lipinski definition) is 0. The van der Waals surface area contributed by atoms with Gasteiger partial charge in [-0.25, -0.2) is 15.0 Å². The average Bonchev–Trinajstić information content (AvgIpc) is 3.52. The number of fused-ring (bicyclic) bond motifs is 7. The molecule has 2 aliphatic rings. The Morgan fingerprint density at radius 1 is 0.571 bits per heavy atom. The van der Waals surface area contributed by atoms with Gasteiger partial charge in [0.05, 0.1) is 5.52 Å². The lowest BCUT2D eigenvalue weighted by Gasteiger charge is -2.23. The van der Waals surface area contributed by atoms with Gasteiger partial charge in [-0.05, 0) is 71.8 Å². The van der Waals surface area contributed by atoms with Crippen molar-refractivity contribution in [1.29, 1.82) is 0 Å². The predicted octanol–water partition coefficient (Wildman–Crippen LogP) is 11.0. The molecule has 10 rings (SSSR count). The number of hydrogen-bond acceptors (Lipinski definition) is 5. The highest BCUT2D eigenvalue weighted by molar-refractivity contribution is 6.12. The largest absolute Gasteiger partial charge is 0.449 e. The fourth-order valence-electron chi connectivity index (χ4n) is 6.98. The first kappa shape index (κ1) is 27.6. The van der Waals surface area contributed by atoms with Crippen molar-refractivity contribution in [3.63, 3.8) is 0 Å². The molecule has 0 bridgehead atoms. The molecular formula is C43H28N4O2. The Balaban J connectivity index is 1.11. The van der Waals surface area contributed by atoms with Gasteiger partial charge in [-0.1, -0.05) is 97.1 Å². The molecule has 0 fully saturated rings. The molecule has 0 saturated heterocycles. The van der Waals surface area contributed by atoms with E-state index in [2.05, 4.69) is 102 Å². The second-order valence-corrected chi connectivity index (χ2v) is 12.4. The molecule has 6 aromatic carbocycles. The van der Waals surface area contributed by atoms with Gasteiger partial charge < -0.3 is 14.0 Å². The first-order valence-electron chi connectivity index (χ1n) is 16.5. The molecule has 8 aromatic rings. The Morgan fingerprint density at radius 3 is 2.02 bits per heavy atom. The summed E-state index contributed by atoms with van der Waals surface area (Å²) in [6.07, 6.45) is 9.31. The van der Waals surface area contributed by atoms with Crippen molar-refractivity contribution >= 4 is 32.6 Å². The van der Waals surface area contributed by atoms with Crippen molar-refractivity contribution in [1.82, 2.24) is 19.5 Å². The molecule has 0 radical (unpaired) electrons. The highest BCUT2D eigenvalue weighted by Crippen LogP contribution is 2.51. The molecule has 0 spiro atoms. The van der Waals surface area contributed by atoms with Crippen LogP contribution in [0.15, 0.2) is 152 Å². The molecule has 3 heterocycles. The fraction of sp³-hybridized carbons (Fsp3) is 0.0465. The summed E-state index contributed by atoms with van der Waals surface area (Å²) >= 11 is 0. The van der Waals surface area contributed by atoms with Crippen LogP contribution in [0.4, 0.5) is 0 Å². The van der Waals surface area contributed by atoms with Crippen LogP contribution in [0.5, 0.6) is 23.0 Å². The second kappa shape index (κ2) is 11.0. The molecule has 1 aliphatic carbocycles. The van der Waals surface area contributed by atoms with Crippen LogP contribution in [-0.4, -0.2) is 19.5 Å². The summed E-state index contributed by atoms with van der Waals surface area (Å²) in [4.78, 5) is 14.9. The van der Waals surface area contributed by atoms with Gasteiger partial charge in [-0.3, -0.25) is 0 Å². The molecule has 1 aliphatic heterocycles. The molecule has 1 atom stereocenters. The van der Waals surface area contributed by atoms with E-state index in [9.17, 15) is 0 Å². The van der Waals surface area contributed by atoms with E-state index in [0.29, 0.717) is 34.6 Å². The van der Waals surface area contributed by atoms with Crippen LogP contribution in [0, 0.1) is 0 Å². The highest BCUT2D eigenvalue weighted by Gasteiger charge is 2.26. The summed E-state index contributed by atoms with van der Waals surface area (Å²) in [6.45, 7) is 0. The lowest BCUT2D eigenvalue weighted by Crippen LogP contribution is -2.08. The van der Waals surface area contributed by atoms with E-state index in [-0.39, 0.29) is 5.92 Å². The molecule has 232 valence electrons. The van der Waals surface area contributed by atoms with E-state index in [1.807, 2.05) is 54.6 Å². The fourth-order valence-corrected chi connectivity index (χ4v) is 6.98. The predicted molar refractivity (Wildman–Crippen MR) is 195 cm³/mol. The first-order valence-corrected chi connectivity index (χ1v) is 16.5. The summed E-state index contributed by atoms with van der Waals surface area (Å²) in [5, 5.41) is 4.44. The van der Waals surface area contributed by atoms with E-state index >= 15 is 0 Å². The van der Waals surface area contributed by atoms with Gasteiger partial charge in [0.2, 0.25) is 0 Å². The Hall–Kier alpha value is -6.53. The number of rotatable bonds is 4. The lowest BCUT2D eigenvalue weighted by molar-refractivity contribution is 0.363. The van der Waals surface area contributed by atoms with Crippen molar-refractivity contribution in [2.45, 2.75) is 12.3 Å². The number of nitrogens with zero attached hydrogens (tertiary/aromatic N) is 4. The van der Waals surface area contributed by atoms with E-state index < -0.39 is 0 Å². The Morgan fingerprint density at radius 2 is 1.27 bits per heavy atom. The topological polar surface area (TPSA) is 62.1 Å². The molecule has 1 unspecified atom stereocenters. The van der Waals surface area contributed by atoms with Crippen molar-refractivity contribution in [2.75, 3.05) is 0 Å². The maximum Gasteiger partial charge on any atom is 0.194 e. The van der Waals surface area contributed by atoms with Gasteiger partial charge in [-0.15, -0.1) is 0 Å². The average molecular weight is 633 g/mol. The summed E-state index contributed by atoms with van der Waals surface area (Å²) in [5.74, 6) is 5.00. The van der Waals surface area contributed by atoms with Crippen LogP contribution in [-0.2, 0) is 0 Å². The molecule has 0 amide bonds. The Labute approximate surface area is 282 Å². The number of allylic oxidation sites excluding steroid dienone is 4. The standard InChI is InChI=1S/C43H28N4O2/c1-3-11-27(12-4-1)41-44-42(28-13-5-2-6-14-28)46-43(45-41)29-19-21-32(22-20-29)47-35-18-10-9-17-33(35)34-23-24-36-40(39(34)47)49-38-26-31-16-8-7-15-30(31)25-37(38)48-36/h1-13,15-26,28H,14H2. The van der Waals surface area contributed by atoms with Crippen molar-refractivity contribution < 1.29 is 9.47 Å². The molecule has 0 saturated carbocycles. The zero-order valence-corrected chi connectivity index (χ0v) is 26.3. The summed E-state index contributed by atoms with van der Waals surface area (Å²) in [6, 6.07) is 43.5. The monoisotopic (exact) mass is 632 g/mol. The van der Waals surface area contributed by atoms with Crippen LogP contribution in [0.25, 0.3) is 61.0 Å². The minimum atomic E-state index is 0.0996. The number of ether oxygens (including phenoxy) is 2. The molecule has 0 N–H and O–H groups in total. The van der Waals surface area contributed by atoms with E-state index in [0.717, 1.165) is 61.6 Å². The SMILES string of the molecule is C1=CCC(c2nc(-c3ccccc3)nc(-c3ccc(-n4c5ccccc5c5ccc6c(c54)Oc4cc5ccccc5cc4O6)cc3)n2)C=C1. The van der Waals surface area contributed by atoms with Crippen molar-refractivity contribution in [3.8, 4) is 51.5 Å². The minimum absolute atomic E-state index is 0.0996. The van der Waals surface area contributed by atoms with Gasteiger partial charge in [0.25, 0.3) is 0 Å². The van der Waals surface area contributed by atoms with Crippen LogP contribution in [0.2, 0.25) is 0 Å². The van der Waals surface area contributed by atoms with Crippen LogP contribution < -0.4 is 9.47 Å². The smallest absolute Gasteiger partial charge is 0.194 e. The summed E-state index contributed by atoms with van der Waals surface area (Å²) in [5.41, 5.74) is 4.91. The second-order valence-electron chi connectivity index (χ2n) is 12.4. The van der Waals surface area contributed by atoms with E-state index in [4.69, 9.17) is 24.4 Å². The van der Waals surface area contributed by atoms with Gasteiger partial charge in [0.15, 0.2) is 34.6 Å². The molecule has 2 aromatic heterocycles. The Kier molecular flexibility index (Phi) is 6.21. The maximum absolute atomic E-state index is 6.73. The van der Waals surface area contributed by atoms with Gasteiger partial charge >= 0.3 is 0 Å². The summed E-state index contributed by atoms with van der Waals surface area (Å²) in [7, 11) is 0. The van der Waals surface area contributed by atoms with Crippen LogP contribution in [0.3, 0.4) is 0 Å². The van der Waals surface area contributed by atoms with Gasteiger partial charge in [-0.2, -0.15) is 0 Å². The van der Waals surface area contributed by atoms with Gasteiger partial charge in [0, 0.05) is 33.5 Å². The molecule has 49 heavy (non-hydrogen) atoms. The van der Waals surface area contributed by atoms with Crippen LogP contribution >= 0.6 is 0 Å². The third-order valence-electron chi connectivity index (χ3n) is 9.38. The minimum Gasteiger partial charge on any atom is -0.449 e. The summed E-state index contributed by atoms with van der Waals surface area (Å²) < 4.78 is 15.5. The zero-order valence-electron chi connectivity index (χ0n) is 26.3. The third kappa shape index (κ3) is 4.60. The number of benzene rings is 6. The Bertz CT molecular complexity index is 2640. The van der Waals surface area contributed by atoms with E-state index in [1.165, 1.54) is 0 Å². The quantitative estimate of drug-likeness (QED) is 0.193. The van der Waals surface area contributed by atoms with E-state index in [1.54, 1.807) is 0 Å².